The van der Waals surface area contributed by atoms with Gasteiger partial charge in [-0.2, -0.15) is 0 Å². The van der Waals surface area contributed by atoms with Gasteiger partial charge >= 0.3 is 5.40 Å². The lowest BCUT2D eigenvalue weighted by Gasteiger charge is -2.41. The van der Waals surface area contributed by atoms with Crippen molar-refractivity contribution in [3.05, 3.63) is 0 Å². The highest BCUT2D eigenvalue weighted by Crippen LogP contribution is 2.89. The Bertz CT molecular complexity index is 307. The minimum absolute atomic E-state index is 0.850. The summed E-state index contributed by atoms with van der Waals surface area (Å²) in [6, 6.07) is 0. The quantitative estimate of drug-likeness (QED) is 0.160. The van der Waals surface area contributed by atoms with Gasteiger partial charge in [-0.25, -0.2) is 0 Å². The van der Waals surface area contributed by atoms with E-state index in [1.807, 2.05) is 0 Å². The first-order valence-corrected chi connectivity index (χ1v) is 17.7. The third-order valence-corrected chi connectivity index (χ3v) is 18.6. The van der Waals surface area contributed by atoms with Gasteiger partial charge in [0.15, 0.2) is 0 Å². The summed E-state index contributed by atoms with van der Waals surface area (Å²) in [6.07, 6.45) is 17.5. The molecule has 0 aliphatic heterocycles. The van der Waals surface area contributed by atoms with Crippen molar-refractivity contribution in [3.63, 3.8) is 0 Å². The van der Waals surface area contributed by atoms with Crippen LogP contribution in [-0.2, 0) is 0 Å². The Morgan fingerprint density at radius 2 is 0.586 bits per heavy atom. The van der Waals surface area contributed by atoms with E-state index < -0.39 is 19.9 Å². The Morgan fingerprint density at radius 1 is 0.414 bits per heavy atom. The van der Waals surface area contributed by atoms with Crippen LogP contribution in [0.5, 0.6) is 0 Å². The molecule has 29 heavy (non-hydrogen) atoms. The SMILES string of the molecule is CCCC[P+](CCCC)(CCCC)C(F)(F)[P+](CCCC)(CCCC)CCCC. The van der Waals surface area contributed by atoms with Crippen LogP contribution in [0.25, 0.3) is 0 Å². The Morgan fingerprint density at radius 3 is 0.724 bits per heavy atom. The van der Waals surface area contributed by atoms with E-state index in [0.29, 0.717) is 0 Å². The fraction of sp³-hybridized carbons (Fsp3) is 1.00. The summed E-state index contributed by atoms with van der Waals surface area (Å²) in [7, 11) is -4.55. The lowest BCUT2D eigenvalue weighted by atomic mass is 10.4. The molecule has 0 aromatic rings. The van der Waals surface area contributed by atoms with Gasteiger partial charge in [0.1, 0.15) is 14.5 Å². The van der Waals surface area contributed by atoms with Crippen LogP contribution in [-0.4, -0.2) is 42.4 Å². The molecule has 0 radical (unpaired) electrons. The lowest BCUT2D eigenvalue weighted by Crippen LogP contribution is -2.35. The highest BCUT2D eigenvalue weighted by molar-refractivity contribution is 7.93. The van der Waals surface area contributed by atoms with E-state index in [-0.39, 0.29) is 0 Å². The molecule has 0 amide bonds. The van der Waals surface area contributed by atoms with E-state index in [4.69, 9.17) is 0 Å². The van der Waals surface area contributed by atoms with Crippen LogP contribution in [0.4, 0.5) is 8.78 Å². The van der Waals surface area contributed by atoms with Gasteiger partial charge in [-0.05, 0) is 38.5 Å². The average Bonchev–Trinajstić information content (AvgIpc) is 2.72. The zero-order valence-electron chi connectivity index (χ0n) is 20.9. The summed E-state index contributed by atoms with van der Waals surface area (Å²) in [5, 5.41) is -2.35. The van der Waals surface area contributed by atoms with Crippen molar-refractivity contribution in [1.82, 2.24) is 0 Å². The topological polar surface area (TPSA) is 0 Å². The van der Waals surface area contributed by atoms with E-state index in [9.17, 15) is 0 Å². The summed E-state index contributed by atoms with van der Waals surface area (Å²) in [4.78, 5) is 0. The van der Waals surface area contributed by atoms with E-state index in [1.165, 1.54) is 0 Å². The van der Waals surface area contributed by atoms with Crippen molar-refractivity contribution in [1.29, 1.82) is 0 Å². The van der Waals surface area contributed by atoms with Crippen molar-refractivity contribution in [2.45, 2.75) is 124 Å². The maximum absolute atomic E-state index is 17.1. The third kappa shape index (κ3) is 8.64. The molecule has 0 fully saturated rings. The highest BCUT2D eigenvalue weighted by Gasteiger charge is 2.74. The molecular weight excluding hydrogens is 400 g/mol. The number of unbranched alkanes of at least 4 members (excludes halogenated alkanes) is 6. The van der Waals surface area contributed by atoms with Gasteiger partial charge in [0.25, 0.3) is 0 Å². The second-order valence-electron chi connectivity index (χ2n) is 9.26. The van der Waals surface area contributed by atoms with Crippen molar-refractivity contribution in [3.8, 4) is 0 Å². The number of rotatable bonds is 20. The van der Waals surface area contributed by atoms with Crippen LogP contribution >= 0.6 is 14.5 Å². The van der Waals surface area contributed by atoms with Gasteiger partial charge in [-0.1, -0.05) is 80.1 Å². The molecule has 0 atom stereocenters. The largest absolute Gasteiger partial charge is 0.454 e. The molecule has 0 saturated carbocycles. The van der Waals surface area contributed by atoms with Crippen LogP contribution in [0.3, 0.4) is 0 Å². The van der Waals surface area contributed by atoms with Crippen LogP contribution in [0.15, 0.2) is 0 Å². The summed E-state index contributed by atoms with van der Waals surface area (Å²) in [5.41, 5.74) is 0. The Balaban J connectivity index is 6.33. The predicted octanol–water partition coefficient (Wildman–Crippen LogP) is 10.4. The first kappa shape index (κ1) is 29.7. The third-order valence-electron chi connectivity index (χ3n) is 6.78. The van der Waals surface area contributed by atoms with Crippen LogP contribution in [0.1, 0.15) is 119 Å². The van der Waals surface area contributed by atoms with Crippen molar-refractivity contribution in [2.24, 2.45) is 0 Å². The van der Waals surface area contributed by atoms with E-state index in [2.05, 4.69) is 41.5 Å². The summed E-state index contributed by atoms with van der Waals surface area (Å²) < 4.78 is 34.2. The predicted molar refractivity (Wildman–Crippen MR) is 137 cm³/mol. The maximum atomic E-state index is 17.1. The average molecular weight is 455 g/mol. The molecular formula is C25H54F2P2+2. The summed E-state index contributed by atoms with van der Waals surface area (Å²) in [6.45, 7) is 13.1. The molecule has 0 unspecified atom stereocenters. The highest BCUT2D eigenvalue weighted by atomic mass is 31.2. The summed E-state index contributed by atoms with van der Waals surface area (Å²) >= 11 is 0. The molecule has 0 aliphatic carbocycles. The number of halogens is 2. The molecule has 0 nitrogen and oxygen atoms in total. The van der Waals surface area contributed by atoms with Crippen molar-refractivity contribution >= 4 is 14.5 Å². The van der Waals surface area contributed by atoms with Crippen LogP contribution in [0.2, 0.25) is 0 Å². The first-order chi connectivity index (χ1) is 13.9. The molecule has 0 N–H and O–H groups in total. The van der Waals surface area contributed by atoms with Crippen LogP contribution in [0, 0.1) is 0 Å². The number of hydrogen-bond acceptors (Lipinski definition) is 0. The molecule has 0 spiro atoms. The first-order valence-electron chi connectivity index (χ1n) is 13.0. The number of hydrogen-bond donors (Lipinski definition) is 0. The Hall–Kier alpha value is 0.720. The molecule has 176 valence electrons. The lowest BCUT2D eigenvalue weighted by molar-refractivity contribution is 0.185. The van der Waals surface area contributed by atoms with Gasteiger partial charge < -0.3 is 0 Å². The summed E-state index contributed by atoms with van der Waals surface area (Å²) in [5.74, 6) is 0. The molecule has 4 heteroatoms. The Labute approximate surface area is 184 Å². The molecule has 0 aromatic heterocycles. The van der Waals surface area contributed by atoms with E-state index in [0.717, 1.165) is 114 Å². The van der Waals surface area contributed by atoms with Crippen molar-refractivity contribution < 1.29 is 8.78 Å². The molecule has 0 aliphatic rings. The van der Waals surface area contributed by atoms with Crippen LogP contribution < -0.4 is 0 Å². The fourth-order valence-corrected chi connectivity index (χ4v) is 18.6. The standard InChI is InChI=1S/C25H54F2P2/c1-7-13-19-28(20-14-8-2,21-15-9-3)25(26,27)29(22-16-10-4,23-17-11-5)24-18-12-6/h7-24H2,1-6H3/q+2. The fourth-order valence-electron chi connectivity index (χ4n) is 4.69. The molecule has 0 heterocycles. The number of alkyl halides is 2. The van der Waals surface area contributed by atoms with Gasteiger partial charge in [0.05, 0.1) is 37.0 Å². The zero-order chi connectivity index (χ0) is 22.2. The maximum Gasteiger partial charge on any atom is 0.454 e. The van der Waals surface area contributed by atoms with Gasteiger partial charge in [-0.3, -0.25) is 0 Å². The normalized spacial score (nSPS) is 13.2. The Kier molecular flexibility index (Phi) is 16.8. The zero-order valence-corrected chi connectivity index (χ0v) is 22.7. The van der Waals surface area contributed by atoms with E-state index in [1.54, 1.807) is 0 Å². The molecule has 0 aromatic carbocycles. The van der Waals surface area contributed by atoms with Crippen molar-refractivity contribution in [2.75, 3.05) is 37.0 Å². The van der Waals surface area contributed by atoms with E-state index >= 15 is 8.78 Å². The molecule has 0 rings (SSSR count). The smallest absolute Gasteiger partial charge is 0.131 e. The minimum Gasteiger partial charge on any atom is -0.131 e. The second-order valence-corrected chi connectivity index (χ2v) is 18.0. The van der Waals surface area contributed by atoms with Gasteiger partial charge in [0.2, 0.25) is 0 Å². The monoisotopic (exact) mass is 454 g/mol. The molecule has 0 bridgehead atoms. The minimum atomic E-state index is -2.35. The van der Waals surface area contributed by atoms with Gasteiger partial charge in [0, 0.05) is 0 Å². The second kappa shape index (κ2) is 16.4. The van der Waals surface area contributed by atoms with Gasteiger partial charge in [-0.15, -0.1) is 8.78 Å². The molecule has 0 saturated heterocycles.